The van der Waals surface area contributed by atoms with Crippen molar-refractivity contribution in [2.24, 2.45) is 5.41 Å². The first-order valence-corrected chi connectivity index (χ1v) is 6.41. The molecule has 1 aliphatic carbocycles. The van der Waals surface area contributed by atoms with Crippen molar-refractivity contribution in [2.75, 3.05) is 11.9 Å². The second-order valence-corrected chi connectivity index (χ2v) is 5.13. The third-order valence-electron chi connectivity index (χ3n) is 3.97. The summed E-state index contributed by atoms with van der Waals surface area (Å²) < 4.78 is 0. The summed E-state index contributed by atoms with van der Waals surface area (Å²) in [6, 6.07) is 4.16. The molecule has 1 saturated carbocycles. The van der Waals surface area contributed by atoms with Gasteiger partial charge in [0, 0.05) is 12.7 Å². The van der Waals surface area contributed by atoms with Crippen LogP contribution in [0.1, 0.15) is 44.6 Å². The largest absolute Gasteiger partial charge is 0.370 e. The molecule has 0 atom stereocenters. The van der Waals surface area contributed by atoms with Gasteiger partial charge in [0.1, 0.15) is 5.82 Å². The normalized spacial score (nSPS) is 18.6. The molecule has 16 heavy (non-hydrogen) atoms. The van der Waals surface area contributed by atoms with E-state index in [0.717, 1.165) is 12.4 Å². The van der Waals surface area contributed by atoms with Crippen LogP contribution >= 0.6 is 0 Å². The Hall–Kier alpha value is -1.05. The Balaban J connectivity index is 1.95. The number of hydrogen-bond acceptors (Lipinski definition) is 2. The monoisotopic (exact) mass is 218 g/mol. The molecule has 88 valence electrons. The van der Waals surface area contributed by atoms with Crippen LogP contribution in [0.3, 0.4) is 0 Å². The van der Waals surface area contributed by atoms with Gasteiger partial charge in [-0.1, -0.05) is 19.8 Å². The van der Waals surface area contributed by atoms with E-state index in [1.54, 1.807) is 0 Å². The van der Waals surface area contributed by atoms with Gasteiger partial charge in [0.05, 0.1) is 0 Å². The molecule has 0 amide bonds. The Labute approximate surface area is 98.5 Å². The van der Waals surface area contributed by atoms with E-state index in [0.29, 0.717) is 5.41 Å². The molecular weight excluding hydrogens is 196 g/mol. The molecular formula is C14H22N2. The van der Waals surface area contributed by atoms with Crippen molar-refractivity contribution in [3.05, 3.63) is 23.9 Å². The van der Waals surface area contributed by atoms with Gasteiger partial charge in [-0.2, -0.15) is 0 Å². The number of nitrogens with one attached hydrogen (secondary N) is 1. The molecule has 1 N–H and O–H groups in total. The van der Waals surface area contributed by atoms with Gasteiger partial charge in [-0.15, -0.1) is 0 Å². The molecule has 0 aromatic carbocycles. The van der Waals surface area contributed by atoms with Gasteiger partial charge in [0.15, 0.2) is 0 Å². The molecule has 2 heteroatoms. The van der Waals surface area contributed by atoms with E-state index in [9.17, 15) is 0 Å². The van der Waals surface area contributed by atoms with Gasteiger partial charge in [0.2, 0.25) is 0 Å². The number of rotatable bonds is 4. The second-order valence-electron chi connectivity index (χ2n) is 5.13. The smallest absolute Gasteiger partial charge is 0.126 e. The summed E-state index contributed by atoms with van der Waals surface area (Å²) >= 11 is 0. The molecule has 1 aromatic rings. The van der Waals surface area contributed by atoms with E-state index < -0.39 is 0 Å². The zero-order valence-electron chi connectivity index (χ0n) is 10.4. The van der Waals surface area contributed by atoms with Crippen LogP contribution < -0.4 is 5.32 Å². The maximum absolute atomic E-state index is 4.35. The van der Waals surface area contributed by atoms with E-state index in [1.807, 2.05) is 12.3 Å². The Kier molecular flexibility index (Phi) is 3.47. The Morgan fingerprint density at radius 2 is 2.12 bits per heavy atom. The number of hydrogen-bond donors (Lipinski definition) is 1. The van der Waals surface area contributed by atoms with E-state index in [-0.39, 0.29) is 0 Å². The highest BCUT2D eigenvalue weighted by Crippen LogP contribution is 2.40. The highest BCUT2D eigenvalue weighted by Gasteiger charge is 2.31. The minimum Gasteiger partial charge on any atom is -0.370 e. The zero-order valence-corrected chi connectivity index (χ0v) is 10.4. The number of pyridine rings is 1. The first-order chi connectivity index (χ1) is 7.74. The van der Waals surface area contributed by atoms with Crippen molar-refractivity contribution < 1.29 is 0 Å². The molecule has 0 radical (unpaired) electrons. The summed E-state index contributed by atoms with van der Waals surface area (Å²) in [6.07, 6.45) is 8.72. The molecule has 2 rings (SSSR count). The van der Waals surface area contributed by atoms with Crippen LogP contribution in [-0.4, -0.2) is 11.5 Å². The van der Waals surface area contributed by atoms with Gasteiger partial charge in [0.25, 0.3) is 0 Å². The Morgan fingerprint density at radius 1 is 1.38 bits per heavy atom. The van der Waals surface area contributed by atoms with Crippen LogP contribution in [0.4, 0.5) is 5.82 Å². The van der Waals surface area contributed by atoms with E-state index in [4.69, 9.17) is 0 Å². The lowest BCUT2D eigenvalue weighted by atomic mass is 9.83. The van der Waals surface area contributed by atoms with Crippen molar-refractivity contribution in [3.8, 4) is 0 Å². The lowest BCUT2D eigenvalue weighted by Gasteiger charge is -2.27. The van der Waals surface area contributed by atoms with Gasteiger partial charge in [-0.25, -0.2) is 4.98 Å². The lowest BCUT2D eigenvalue weighted by molar-refractivity contribution is 0.306. The molecule has 1 aromatic heterocycles. The summed E-state index contributed by atoms with van der Waals surface area (Å²) in [4.78, 5) is 4.35. The first kappa shape index (κ1) is 11.4. The van der Waals surface area contributed by atoms with Crippen LogP contribution in [-0.2, 0) is 0 Å². The van der Waals surface area contributed by atoms with Crippen LogP contribution in [0.15, 0.2) is 18.3 Å². The fourth-order valence-corrected chi connectivity index (χ4v) is 2.69. The number of aromatic nitrogens is 1. The molecule has 2 nitrogen and oxygen atoms in total. The molecule has 0 spiro atoms. The first-order valence-electron chi connectivity index (χ1n) is 6.41. The summed E-state index contributed by atoms with van der Waals surface area (Å²) in [5.41, 5.74) is 1.81. The van der Waals surface area contributed by atoms with Crippen LogP contribution in [0, 0.1) is 12.3 Å². The lowest BCUT2D eigenvalue weighted by Crippen LogP contribution is -2.26. The molecule has 1 aliphatic rings. The topological polar surface area (TPSA) is 24.9 Å². The van der Waals surface area contributed by atoms with Crippen molar-refractivity contribution >= 4 is 5.82 Å². The van der Waals surface area contributed by atoms with Crippen LogP contribution in [0.2, 0.25) is 0 Å². The second kappa shape index (κ2) is 4.86. The van der Waals surface area contributed by atoms with Gasteiger partial charge in [-0.3, -0.25) is 0 Å². The summed E-state index contributed by atoms with van der Waals surface area (Å²) in [6.45, 7) is 5.51. The van der Waals surface area contributed by atoms with Gasteiger partial charge < -0.3 is 5.32 Å². The molecule has 1 fully saturated rings. The molecule has 0 aliphatic heterocycles. The van der Waals surface area contributed by atoms with E-state index in [1.165, 1.54) is 37.7 Å². The SMILES string of the molecule is CCC1(CNc2cc(C)ccn2)CCCC1. The highest BCUT2D eigenvalue weighted by atomic mass is 15.0. The highest BCUT2D eigenvalue weighted by molar-refractivity contribution is 5.37. The minimum atomic E-state index is 0.533. The number of aryl methyl sites for hydroxylation is 1. The Bertz CT molecular complexity index is 340. The van der Waals surface area contributed by atoms with E-state index in [2.05, 4.69) is 30.2 Å². The quantitative estimate of drug-likeness (QED) is 0.832. The van der Waals surface area contributed by atoms with Crippen molar-refractivity contribution in [1.82, 2.24) is 4.98 Å². The van der Waals surface area contributed by atoms with Crippen molar-refractivity contribution in [1.29, 1.82) is 0 Å². The predicted molar refractivity (Wildman–Crippen MR) is 68.7 cm³/mol. The maximum Gasteiger partial charge on any atom is 0.126 e. The van der Waals surface area contributed by atoms with Crippen LogP contribution in [0.5, 0.6) is 0 Å². The fraction of sp³-hybridized carbons (Fsp3) is 0.643. The average molecular weight is 218 g/mol. The summed E-state index contributed by atoms with van der Waals surface area (Å²) in [5.74, 6) is 1.03. The van der Waals surface area contributed by atoms with Crippen LogP contribution in [0.25, 0.3) is 0 Å². The fourth-order valence-electron chi connectivity index (χ4n) is 2.69. The van der Waals surface area contributed by atoms with Crippen molar-refractivity contribution in [3.63, 3.8) is 0 Å². The maximum atomic E-state index is 4.35. The molecule has 0 bridgehead atoms. The summed E-state index contributed by atoms with van der Waals surface area (Å²) in [5, 5.41) is 3.51. The van der Waals surface area contributed by atoms with E-state index >= 15 is 0 Å². The minimum absolute atomic E-state index is 0.533. The molecule has 1 heterocycles. The number of anilines is 1. The molecule has 0 unspecified atom stereocenters. The van der Waals surface area contributed by atoms with Gasteiger partial charge in [-0.05, 0) is 49.3 Å². The molecule has 0 saturated heterocycles. The Morgan fingerprint density at radius 3 is 2.75 bits per heavy atom. The standard InChI is InChI=1S/C14H22N2/c1-3-14(7-4-5-8-14)11-16-13-10-12(2)6-9-15-13/h6,9-10H,3-5,7-8,11H2,1-2H3,(H,15,16). The summed E-state index contributed by atoms with van der Waals surface area (Å²) in [7, 11) is 0. The zero-order chi connectivity index (χ0) is 11.4. The number of nitrogens with zero attached hydrogens (tertiary/aromatic N) is 1. The average Bonchev–Trinajstić information content (AvgIpc) is 2.76. The third kappa shape index (κ3) is 2.55. The van der Waals surface area contributed by atoms with Crippen molar-refractivity contribution in [2.45, 2.75) is 46.0 Å². The van der Waals surface area contributed by atoms with Gasteiger partial charge >= 0.3 is 0 Å². The predicted octanol–water partition coefficient (Wildman–Crippen LogP) is 3.77. The third-order valence-corrected chi connectivity index (χ3v) is 3.97.